The van der Waals surface area contributed by atoms with Crippen LogP contribution in [0.15, 0.2) is 53.4 Å². The Morgan fingerprint density at radius 1 is 1.04 bits per heavy atom. The molecule has 24 heavy (non-hydrogen) atoms. The molecule has 0 heterocycles. The molecule has 0 radical (unpaired) electrons. The molecule has 0 amide bonds. The molecule has 0 aliphatic carbocycles. The zero-order valence-electron chi connectivity index (χ0n) is 13.8. The number of halogens is 1. The van der Waals surface area contributed by atoms with Crippen molar-refractivity contribution < 1.29 is 17.5 Å². The number of ether oxygens (including phenoxy) is 1. The number of nitrogens with one attached hydrogen (secondary N) is 1. The fourth-order valence-electron chi connectivity index (χ4n) is 2.20. The smallest absolute Gasteiger partial charge is 0.240 e. The molecule has 0 bridgehead atoms. The SMILES string of the molecule is CC(C)Oc1ccc(CCCNS(=O)(=O)c2ccc(F)cc2)cc1. The van der Waals surface area contributed by atoms with Gasteiger partial charge in [-0.3, -0.25) is 0 Å². The van der Waals surface area contributed by atoms with E-state index in [9.17, 15) is 12.8 Å². The summed E-state index contributed by atoms with van der Waals surface area (Å²) in [7, 11) is -3.59. The third-order valence-electron chi connectivity index (χ3n) is 3.35. The highest BCUT2D eigenvalue weighted by molar-refractivity contribution is 7.89. The van der Waals surface area contributed by atoms with Crippen LogP contribution < -0.4 is 9.46 Å². The Bertz CT molecular complexity index is 741. The maximum absolute atomic E-state index is 12.8. The Kier molecular flexibility index (Phi) is 6.34. The lowest BCUT2D eigenvalue weighted by atomic mass is 10.1. The first kappa shape index (κ1) is 18.4. The predicted octanol–water partition coefficient (Wildman–Crippen LogP) is 3.52. The van der Waals surface area contributed by atoms with E-state index in [0.29, 0.717) is 13.0 Å². The summed E-state index contributed by atoms with van der Waals surface area (Å²) in [6.07, 6.45) is 1.57. The van der Waals surface area contributed by atoms with Gasteiger partial charge in [0.05, 0.1) is 11.0 Å². The maximum Gasteiger partial charge on any atom is 0.240 e. The van der Waals surface area contributed by atoms with E-state index < -0.39 is 15.8 Å². The standard InChI is InChI=1S/C18H22FNO3S/c1-14(2)23-17-9-5-15(6-10-17)4-3-13-20-24(21,22)18-11-7-16(19)8-12-18/h5-12,14,20H,3-4,13H2,1-2H3. The molecule has 6 heteroatoms. The lowest BCUT2D eigenvalue weighted by Crippen LogP contribution is -2.25. The topological polar surface area (TPSA) is 55.4 Å². The van der Waals surface area contributed by atoms with E-state index in [0.717, 1.165) is 29.9 Å². The van der Waals surface area contributed by atoms with Crippen LogP contribution in [0.1, 0.15) is 25.8 Å². The maximum atomic E-state index is 12.8. The summed E-state index contributed by atoms with van der Waals surface area (Å²) in [4.78, 5) is 0.0686. The largest absolute Gasteiger partial charge is 0.491 e. The van der Waals surface area contributed by atoms with Gasteiger partial charge in [-0.1, -0.05) is 12.1 Å². The molecule has 0 spiro atoms. The average molecular weight is 351 g/mol. The first-order valence-electron chi connectivity index (χ1n) is 7.87. The summed E-state index contributed by atoms with van der Waals surface area (Å²) in [6.45, 7) is 4.27. The van der Waals surface area contributed by atoms with Gasteiger partial charge < -0.3 is 4.74 Å². The number of hydrogen-bond acceptors (Lipinski definition) is 3. The molecule has 0 unspecified atom stereocenters. The van der Waals surface area contributed by atoms with Crippen molar-refractivity contribution in [1.82, 2.24) is 4.72 Å². The Morgan fingerprint density at radius 3 is 2.25 bits per heavy atom. The predicted molar refractivity (Wildman–Crippen MR) is 92.1 cm³/mol. The quantitative estimate of drug-likeness (QED) is 0.740. The first-order valence-corrected chi connectivity index (χ1v) is 9.36. The molecule has 2 rings (SSSR count). The van der Waals surface area contributed by atoms with Gasteiger partial charge in [0, 0.05) is 6.54 Å². The minimum Gasteiger partial charge on any atom is -0.491 e. The highest BCUT2D eigenvalue weighted by Gasteiger charge is 2.12. The molecule has 1 N–H and O–H groups in total. The molecule has 0 aliphatic heterocycles. The van der Waals surface area contributed by atoms with Crippen molar-refractivity contribution in [2.75, 3.05) is 6.54 Å². The number of hydrogen-bond donors (Lipinski definition) is 1. The Labute approximate surface area is 142 Å². The Balaban J connectivity index is 1.81. The summed E-state index contributed by atoms with van der Waals surface area (Å²) >= 11 is 0. The second kappa shape index (κ2) is 8.26. The minimum absolute atomic E-state index is 0.0686. The fraction of sp³-hybridized carbons (Fsp3) is 0.333. The minimum atomic E-state index is -3.59. The van der Waals surface area contributed by atoms with Crippen molar-refractivity contribution in [2.24, 2.45) is 0 Å². The van der Waals surface area contributed by atoms with Gasteiger partial charge in [0.25, 0.3) is 0 Å². The molecule has 0 aliphatic rings. The number of aryl methyl sites for hydroxylation is 1. The zero-order valence-corrected chi connectivity index (χ0v) is 14.6. The molecule has 0 saturated heterocycles. The van der Waals surface area contributed by atoms with Crippen molar-refractivity contribution in [3.8, 4) is 5.75 Å². The van der Waals surface area contributed by atoms with Crippen LogP contribution >= 0.6 is 0 Å². The van der Waals surface area contributed by atoms with Crippen molar-refractivity contribution in [1.29, 1.82) is 0 Å². The molecule has 2 aromatic rings. The van der Waals surface area contributed by atoms with E-state index in [4.69, 9.17) is 4.74 Å². The van der Waals surface area contributed by atoms with Crippen LogP contribution in [0.2, 0.25) is 0 Å². The van der Waals surface area contributed by atoms with Gasteiger partial charge in [-0.25, -0.2) is 17.5 Å². The molecule has 0 atom stereocenters. The summed E-state index contributed by atoms with van der Waals surface area (Å²) in [5.74, 6) is 0.365. The van der Waals surface area contributed by atoms with Gasteiger partial charge in [0.15, 0.2) is 0 Å². The van der Waals surface area contributed by atoms with Crippen LogP contribution in [0.3, 0.4) is 0 Å². The van der Waals surface area contributed by atoms with Gasteiger partial charge >= 0.3 is 0 Å². The van der Waals surface area contributed by atoms with Gasteiger partial charge in [-0.05, 0) is 68.7 Å². The van der Waals surface area contributed by atoms with Gasteiger partial charge in [-0.15, -0.1) is 0 Å². The van der Waals surface area contributed by atoms with Crippen LogP contribution in [0, 0.1) is 5.82 Å². The van der Waals surface area contributed by atoms with E-state index in [1.807, 2.05) is 38.1 Å². The van der Waals surface area contributed by atoms with Crippen molar-refractivity contribution in [3.63, 3.8) is 0 Å². The summed E-state index contributed by atoms with van der Waals surface area (Å²) in [5.41, 5.74) is 1.12. The molecule has 4 nitrogen and oxygen atoms in total. The summed E-state index contributed by atoms with van der Waals surface area (Å²) in [6, 6.07) is 12.6. The fourth-order valence-corrected chi connectivity index (χ4v) is 3.28. The molecule has 0 aromatic heterocycles. The van der Waals surface area contributed by atoms with Crippen molar-refractivity contribution in [3.05, 3.63) is 59.9 Å². The normalized spacial score (nSPS) is 11.7. The number of sulfonamides is 1. The third kappa shape index (κ3) is 5.62. The van der Waals surface area contributed by atoms with Crippen LogP contribution in [0.4, 0.5) is 4.39 Å². The second-order valence-electron chi connectivity index (χ2n) is 5.77. The number of benzene rings is 2. The Hall–Kier alpha value is -1.92. The van der Waals surface area contributed by atoms with E-state index in [1.165, 1.54) is 12.1 Å². The molecule has 2 aromatic carbocycles. The van der Waals surface area contributed by atoms with Gasteiger partial charge in [0.1, 0.15) is 11.6 Å². The second-order valence-corrected chi connectivity index (χ2v) is 7.53. The van der Waals surface area contributed by atoms with Crippen molar-refractivity contribution in [2.45, 2.75) is 37.7 Å². The molecular formula is C18H22FNO3S. The number of rotatable bonds is 8. The lowest BCUT2D eigenvalue weighted by molar-refractivity contribution is 0.242. The third-order valence-corrected chi connectivity index (χ3v) is 4.83. The Morgan fingerprint density at radius 2 is 1.67 bits per heavy atom. The monoisotopic (exact) mass is 351 g/mol. The van der Waals surface area contributed by atoms with E-state index in [-0.39, 0.29) is 11.0 Å². The highest BCUT2D eigenvalue weighted by Crippen LogP contribution is 2.15. The van der Waals surface area contributed by atoms with E-state index in [1.54, 1.807) is 0 Å². The van der Waals surface area contributed by atoms with E-state index >= 15 is 0 Å². The van der Waals surface area contributed by atoms with Gasteiger partial charge in [0.2, 0.25) is 10.0 Å². The van der Waals surface area contributed by atoms with Crippen LogP contribution in [0.25, 0.3) is 0 Å². The average Bonchev–Trinajstić information content (AvgIpc) is 2.53. The molecular weight excluding hydrogens is 329 g/mol. The lowest BCUT2D eigenvalue weighted by Gasteiger charge is -2.10. The van der Waals surface area contributed by atoms with Crippen LogP contribution in [0.5, 0.6) is 5.75 Å². The highest BCUT2D eigenvalue weighted by atomic mass is 32.2. The van der Waals surface area contributed by atoms with Crippen molar-refractivity contribution >= 4 is 10.0 Å². The summed E-state index contributed by atoms with van der Waals surface area (Å²) in [5, 5.41) is 0. The summed E-state index contributed by atoms with van der Waals surface area (Å²) < 4.78 is 45.1. The van der Waals surface area contributed by atoms with Gasteiger partial charge in [-0.2, -0.15) is 0 Å². The molecule has 0 saturated carbocycles. The zero-order chi connectivity index (χ0) is 17.6. The molecule has 130 valence electrons. The first-order chi connectivity index (χ1) is 11.4. The van der Waals surface area contributed by atoms with E-state index in [2.05, 4.69) is 4.72 Å². The molecule has 0 fully saturated rings. The van der Waals surface area contributed by atoms with Crippen LogP contribution in [-0.4, -0.2) is 21.1 Å². The van der Waals surface area contributed by atoms with Crippen LogP contribution in [-0.2, 0) is 16.4 Å².